The molecule has 96 valence electrons. The Bertz CT molecular complexity index is 767. The highest BCUT2D eigenvalue weighted by Crippen LogP contribution is 2.26. The molecule has 19 heavy (non-hydrogen) atoms. The van der Waals surface area contributed by atoms with Crippen LogP contribution in [-0.4, -0.2) is 33.3 Å². The molecule has 1 aliphatic rings. The van der Waals surface area contributed by atoms with E-state index in [-0.39, 0.29) is 5.91 Å². The zero-order valence-electron chi connectivity index (χ0n) is 10.4. The second-order valence-corrected chi connectivity index (χ2v) is 5.86. The van der Waals surface area contributed by atoms with E-state index in [1.165, 1.54) is 4.70 Å². The molecule has 3 aromatic rings. The maximum absolute atomic E-state index is 12.3. The van der Waals surface area contributed by atoms with Gasteiger partial charge in [-0.3, -0.25) is 9.20 Å². The van der Waals surface area contributed by atoms with E-state index >= 15 is 0 Å². The topological polar surface area (TPSA) is 37.6 Å². The maximum atomic E-state index is 12.3. The van der Waals surface area contributed by atoms with Crippen molar-refractivity contribution in [3.8, 4) is 0 Å². The van der Waals surface area contributed by atoms with E-state index in [9.17, 15) is 4.79 Å². The smallest absolute Gasteiger partial charge is 0.274 e. The molecule has 1 aromatic carbocycles. The molecular weight excluding hydrogens is 258 g/mol. The Kier molecular flexibility index (Phi) is 2.35. The van der Waals surface area contributed by atoms with Crippen molar-refractivity contribution in [1.82, 2.24) is 14.3 Å². The standard InChI is InChI=1S/C14H13N3OS/c18-13(16-7-3-4-8-16)10-9-17-11-5-1-2-6-12(11)19-14(17)15-10/h1-2,5-6,9H,3-4,7-8H2. The highest BCUT2D eigenvalue weighted by molar-refractivity contribution is 7.23. The Balaban J connectivity index is 1.81. The summed E-state index contributed by atoms with van der Waals surface area (Å²) >= 11 is 1.62. The van der Waals surface area contributed by atoms with Crippen LogP contribution in [0.4, 0.5) is 0 Å². The normalized spacial score (nSPS) is 15.7. The summed E-state index contributed by atoms with van der Waals surface area (Å²) in [6, 6.07) is 8.17. The minimum absolute atomic E-state index is 0.0671. The van der Waals surface area contributed by atoms with Gasteiger partial charge in [0, 0.05) is 19.3 Å². The molecule has 5 heteroatoms. The van der Waals surface area contributed by atoms with Gasteiger partial charge in [-0.25, -0.2) is 4.98 Å². The number of carbonyl (C=O) groups excluding carboxylic acids is 1. The summed E-state index contributed by atoms with van der Waals surface area (Å²) in [6.45, 7) is 1.73. The third-order valence-corrected chi connectivity index (χ3v) is 4.65. The van der Waals surface area contributed by atoms with Gasteiger partial charge in [-0.15, -0.1) is 0 Å². The van der Waals surface area contributed by atoms with Gasteiger partial charge in [-0.05, 0) is 25.0 Å². The zero-order chi connectivity index (χ0) is 12.8. The molecule has 1 saturated heterocycles. The number of rotatable bonds is 1. The van der Waals surface area contributed by atoms with Crippen LogP contribution in [0.25, 0.3) is 15.2 Å². The van der Waals surface area contributed by atoms with Crippen LogP contribution in [0.3, 0.4) is 0 Å². The highest BCUT2D eigenvalue weighted by atomic mass is 32.1. The molecule has 0 aliphatic carbocycles. The lowest BCUT2D eigenvalue weighted by Crippen LogP contribution is -2.27. The fraction of sp³-hybridized carbons (Fsp3) is 0.286. The number of para-hydroxylation sites is 1. The molecule has 1 fully saturated rings. The first-order valence-electron chi connectivity index (χ1n) is 6.49. The Morgan fingerprint density at radius 3 is 2.84 bits per heavy atom. The Labute approximate surface area is 114 Å². The van der Waals surface area contributed by atoms with Gasteiger partial charge in [-0.2, -0.15) is 0 Å². The van der Waals surface area contributed by atoms with Gasteiger partial charge in [0.1, 0.15) is 5.69 Å². The monoisotopic (exact) mass is 271 g/mol. The lowest BCUT2D eigenvalue weighted by molar-refractivity contribution is 0.0788. The first kappa shape index (κ1) is 11.0. The fourth-order valence-corrected chi connectivity index (χ4v) is 3.64. The van der Waals surface area contributed by atoms with Gasteiger partial charge in [-0.1, -0.05) is 23.5 Å². The largest absolute Gasteiger partial charge is 0.337 e. The number of nitrogens with zero attached hydrogens (tertiary/aromatic N) is 3. The van der Waals surface area contributed by atoms with Crippen LogP contribution in [0.5, 0.6) is 0 Å². The summed E-state index contributed by atoms with van der Waals surface area (Å²) < 4.78 is 3.22. The molecule has 1 amide bonds. The molecule has 0 saturated carbocycles. The van der Waals surface area contributed by atoms with Gasteiger partial charge in [0.2, 0.25) is 0 Å². The van der Waals surface area contributed by atoms with Crippen LogP contribution in [0, 0.1) is 0 Å². The number of likely N-dealkylation sites (tertiary alicyclic amines) is 1. The predicted molar refractivity (Wildman–Crippen MR) is 75.7 cm³/mol. The van der Waals surface area contributed by atoms with E-state index in [0.29, 0.717) is 5.69 Å². The number of thiazole rings is 1. The zero-order valence-corrected chi connectivity index (χ0v) is 11.2. The van der Waals surface area contributed by atoms with Crippen LogP contribution in [0.15, 0.2) is 30.5 Å². The van der Waals surface area contributed by atoms with Crippen molar-refractivity contribution in [2.24, 2.45) is 0 Å². The third-order valence-electron chi connectivity index (χ3n) is 3.61. The molecule has 0 spiro atoms. The van der Waals surface area contributed by atoms with Crippen LogP contribution < -0.4 is 0 Å². The Hall–Kier alpha value is -1.88. The number of aromatic nitrogens is 2. The van der Waals surface area contributed by atoms with E-state index in [2.05, 4.69) is 17.1 Å². The molecule has 0 radical (unpaired) electrons. The van der Waals surface area contributed by atoms with Crippen molar-refractivity contribution >= 4 is 32.4 Å². The molecule has 0 atom stereocenters. The summed E-state index contributed by atoms with van der Waals surface area (Å²) in [4.78, 5) is 19.6. The van der Waals surface area contributed by atoms with Gasteiger partial charge >= 0.3 is 0 Å². The van der Waals surface area contributed by atoms with Crippen molar-refractivity contribution in [2.45, 2.75) is 12.8 Å². The maximum Gasteiger partial charge on any atom is 0.274 e. The SMILES string of the molecule is O=C(c1cn2c(n1)sc1ccccc12)N1CCCC1. The van der Waals surface area contributed by atoms with Gasteiger partial charge in [0.05, 0.1) is 10.2 Å². The summed E-state index contributed by atoms with van der Waals surface area (Å²) in [5, 5.41) is 0. The van der Waals surface area contributed by atoms with Gasteiger partial charge in [0.25, 0.3) is 5.91 Å². The Morgan fingerprint density at radius 2 is 2.00 bits per heavy atom. The number of hydrogen-bond acceptors (Lipinski definition) is 3. The number of benzene rings is 1. The minimum Gasteiger partial charge on any atom is -0.337 e. The third kappa shape index (κ3) is 1.65. The first-order chi connectivity index (χ1) is 9.33. The summed E-state index contributed by atoms with van der Waals surface area (Å²) in [5.74, 6) is 0.0671. The molecular formula is C14H13N3OS. The van der Waals surface area contributed by atoms with Crippen molar-refractivity contribution in [3.63, 3.8) is 0 Å². The number of imidazole rings is 1. The average molecular weight is 271 g/mol. The van der Waals surface area contributed by atoms with E-state index in [4.69, 9.17) is 0 Å². The lowest BCUT2D eigenvalue weighted by Gasteiger charge is -2.12. The van der Waals surface area contributed by atoms with Crippen molar-refractivity contribution in [2.75, 3.05) is 13.1 Å². The van der Waals surface area contributed by atoms with Crippen molar-refractivity contribution in [1.29, 1.82) is 0 Å². The summed E-state index contributed by atoms with van der Waals surface area (Å²) in [7, 11) is 0. The van der Waals surface area contributed by atoms with Crippen molar-refractivity contribution < 1.29 is 4.79 Å². The molecule has 0 bridgehead atoms. The van der Waals surface area contributed by atoms with Crippen LogP contribution in [0.2, 0.25) is 0 Å². The minimum atomic E-state index is 0.0671. The molecule has 3 heterocycles. The van der Waals surface area contributed by atoms with Gasteiger partial charge in [0.15, 0.2) is 4.96 Å². The second-order valence-electron chi connectivity index (χ2n) is 4.85. The van der Waals surface area contributed by atoms with E-state index in [1.807, 2.05) is 27.6 Å². The van der Waals surface area contributed by atoms with E-state index in [0.717, 1.165) is 36.4 Å². The molecule has 1 aliphatic heterocycles. The first-order valence-corrected chi connectivity index (χ1v) is 7.30. The summed E-state index contributed by atoms with van der Waals surface area (Å²) in [5.41, 5.74) is 1.69. The van der Waals surface area contributed by atoms with E-state index < -0.39 is 0 Å². The number of hydrogen-bond donors (Lipinski definition) is 0. The molecule has 0 N–H and O–H groups in total. The quantitative estimate of drug-likeness (QED) is 0.682. The molecule has 4 rings (SSSR count). The van der Waals surface area contributed by atoms with Crippen LogP contribution in [0.1, 0.15) is 23.3 Å². The fourth-order valence-electron chi connectivity index (χ4n) is 2.63. The Morgan fingerprint density at radius 1 is 1.21 bits per heavy atom. The molecule has 2 aromatic heterocycles. The lowest BCUT2D eigenvalue weighted by atomic mass is 10.3. The van der Waals surface area contributed by atoms with E-state index in [1.54, 1.807) is 11.3 Å². The molecule has 4 nitrogen and oxygen atoms in total. The van der Waals surface area contributed by atoms with Gasteiger partial charge < -0.3 is 4.90 Å². The van der Waals surface area contributed by atoms with Crippen LogP contribution in [-0.2, 0) is 0 Å². The highest BCUT2D eigenvalue weighted by Gasteiger charge is 2.22. The number of fused-ring (bicyclic) bond motifs is 3. The van der Waals surface area contributed by atoms with Crippen LogP contribution >= 0.6 is 11.3 Å². The number of amides is 1. The predicted octanol–water partition coefficient (Wildman–Crippen LogP) is 2.79. The molecule has 0 unspecified atom stereocenters. The van der Waals surface area contributed by atoms with Crippen molar-refractivity contribution in [3.05, 3.63) is 36.2 Å². The summed E-state index contributed by atoms with van der Waals surface area (Å²) in [6.07, 6.45) is 4.09. The number of carbonyl (C=O) groups is 1. The average Bonchev–Trinajstić information content (AvgIpc) is 3.13. The second kappa shape index (κ2) is 4.06.